The molecule has 4 heteroatoms. The van der Waals surface area contributed by atoms with Crippen LogP contribution in [0, 0.1) is 11.8 Å². The zero-order chi connectivity index (χ0) is 10.4. The van der Waals surface area contributed by atoms with Crippen LogP contribution in [0.5, 0.6) is 0 Å². The second-order valence-electron chi connectivity index (χ2n) is 4.04. The van der Waals surface area contributed by atoms with Crippen LogP contribution in [-0.2, 0) is 0 Å². The molecule has 1 saturated carbocycles. The van der Waals surface area contributed by atoms with Crippen molar-refractivity contribution in [2.24, 2.45) is 11.8 Å². The Morgan fingerprint density at radius 1 is 1.43 bits per heavy atom. The third-order valence-electron chi connectivity index (χ3n) is 2.93. The number of hydrogen-bond donors (Lipinski definition) is 3. The van der Waals surface area contributed by atoms with Crippen molar-refractivity contribution in [2.45, 2.75) is 25.7 Å². The fraction of sp³-hybridized carbons (Fsp3) is 0.900. The second kappa shape index (κ2) is 5.86. The first-order valence-electron chi connectivity index (χ1n) is 5.32. The Morgan fingerprint density at radius 2 is 2.14 bits per heavy atom. The molecule has 0 aromatic heterocycles. The van der Waals surface area contributed by atoms with Crippen LogP contribution in [0.2, 0.25) is 0 Å². The molecule has 1 aliphatic carbocycles. The first-order valence-corrected chi connectivity index (χ1v) is 5.32. The van der Waals surface area contributed by atoms with Gasteiger partial charge in [-0.2, -0.15) is 0 Å². The van der Waals surface area contributed by atoms with Crippen LogP contribution in [0.3, 0.4) is 0 Å². The predicted octanol–water partition coefficient (Wildman–Crippen LogP) is 0.714. The van der Waals surface area contributed by atoms with Crippen LogP contribution >= 0.6 is 0 Å². The van der Waals surface area contributed by atoms with Crippen molar-refractivity contribution in [3.05, 3.63) is 0 Å². The van der Waals surface area contributed by atoms with E-state index in [0.29, 0.717) is 11.8 Å². The van der Waals surface area contributed by atoms with Crippen LogP contribution in [-0.4, -0.2) is 31.3 Å². The molecule has 0 saturated heterocycles. The third kappa shape index (κ3) is 3.54. The maximum atomic E-state index is 10.9. The van der Waals surface area contributed by atoms with Crippen LogP contribution in [0.25, 0.3) is 0 Å². The van der Waals surface area contributed by atoms with Gasteiger partial charge >= 0.3 is 6.03 Å². The molecule has 4 nitrogen and oxygen atoms in total. The number of nitrogens with one attached hydrogen (secondary N) is 2. The smallest absolute Gasteiger partial charge is 0.314 e. The molecule has 2 amide bonds. The van der Waals surface area contributed by atoms with Crippen molar-refractivity contribution >= 4 is 6.03 Å². The molecule has 82 valence electrons. The largest absolute Gasteiger partial charge is 0.396 e. The molecule has 0 aromatic rings. The average molecular weight is 200 g/mol. The molecule has 0 bridgehead atoms. The molecule has 0 spiro atoms. The molecule has 2 atom stereocenters. The van der Waals surface area contributed by atoms with E-state index in [1.165, 1.54) is 12.8 Å². The van der Waals surface area contributed by atoms with Crippen LogP contribution in [0.1, 0.15) is 25.7 Å². The number of aliphatic hydroxyl groups excluding tert-OH is 1. The monoisotopic (exact) mass is 200 g/mol. The van der Waals surface area contributed by atoms with Gasteiger partial charge in [-0.15, -0.1) is 0 Å². The van der Waals surface area contributed by atoms with E-state index in [-0.39, 0.29) is 12.6 Å². The zero-order valence-electron chi connectivity index (χ0n) is 8.75. The number of carbonyl (C=O) groups excluding carboxylic acids is 1. The topological polar surface area (TPSA) is 61.4 Å². The van der Waals surface area contributed by atoms with Gasteiger partial charge < -0.3 is 15.7 Å². The van der Waals surface area contributed by atoms with E-state index >= 15 is 0 Å². The lowest BCUT2D eigenvalue weighted by Gasteiger charge is -2.27. The Morgan fingerprint density at radius 3 is 2.79 bits per heavy atom. The van der Waals surface area contributed by atoms with Gasteiger partial charge in [0.15, 0.2) is 0 Å². The number of rotatable bonds is 3. The standard InChI is InChI=1S/C10H20N2O2/c1-11-10(14)12-6-8-3-2-4-9(5-8)7-13/h8-9,13H,2-7H2,1H3,(H2,11,12,14). The Labute approximate surface area is 85.1 Å². The molecular weight excluding hydrogens is 180 g/mol. The number of urea groups is 1. The van der Waals surface area contributed by atoms with Crippen molar-refractivity contribution in [1.29, 1.82) is 0 Å². The van der Waals surface area contributed by atoms with Crippen LogP contribution in [0.15, 0.2) is 0 Å². The lowest BCUT2D eigenvalue weighted by Crippen LogP contribution is -2.37. The molecule has 0 aliphatic heterocycles. The fourth-order valence-corrected chi connectivity index (χ4v) is 2.08. The van der Waals surface area contributed by atoms with Crippen molar-refractivity contribution in [2.75, 3.05) is 20.2 Å². The molecule has 1 aliphatic rings. The van der Waals surface area contributed by atoms with E-state index < -0.39 is 0 Å². The predicted molar refractivity (Wildman–Crippen MR) is 55.0 cm³/mol. The van der Waals surface area contributed by atoms with Gasteiger partial charge in [0.1, 0.15) is 0 Å². The highest BCUT2D eigenvalue weighted by molar-refractivity contribution is 5.73. The van der Waals surface area contributed by atoms with Gasteiger partial charge in [-0.1, -0.05) is 6.42 Å². The Balaban J connectivity index is 2.20. The first kappa shape index (κ1) is 11.3. The normalized spacial score (nSPS) is 27.0. The summed E-state index contributed by atoms with van der Waals surface area (Å²) in [6, 6.07) is -0.115. The Hall–Kier alpha value is -0.770. The number of hydrogen-bond acceptors (Lipinski definition) is 2. The van der Waals surface area contributed by atoms with Crippen molar-refractivity contribution in [3.63, 3.8) is 0 Å². The fourth-order valence-electron chi connectivity index (χ4n) is 2.08. The van der Waals surface area contributed by atoms with Crippen molar-refractivity contribution in [1.82, 2.24) is 10.6 Å². The van der Waals surface area contributed by atoms with E-state index in [2.05, 4.69) is 10.6 Å². The van der Waals surface area contributed by atoms with Gasteiger partial charge in [-0.3, -0.25) is 0 Å². The Kier molecular flexibility index (Phi) is 4.73. The lowest BCUT2D eigenvalue weighted by atomic mass is 9.82. The highest BCUT2D eigenvalue weighted by atomic mass is 16.3. The van der Waals surface area contributed by atoms with Gasteiger partial charge in [0, 0.05) is 20.2 Å². The summed E-state index contributed by atoms with van der Waals surface area (Å²) in [6.07, 6.45) is 4.51. The third-order valence-corrected chi connectivity index (χ3v) is 2.93. The summed E-state index contributed by atoms with van der Waals surface area (Å²) >= 11 is 0. The molecule has 14 heavy (non-hydrogen) atoms. The molecular formula is C10H20N2O2. The highest BCUT2D eigenvalue weighted by Crippen LogP contribution is 2.27. The molecule has 2 unspecified atom stereocenters. The minimum Gasteiger partial charge on any atom is -0.396 e. The van der Waals surface area contributed by atoms with E-state index in [9.17, 15) is 4.79 Å². The van der Waals surface area contributed by atoms with Crippen LogP contribution in [0.4, 0.5) is 4.79 Å². The quantitative estimate of drug-likeness (QED) is 0.628. The molecule has 0 heterocycles. The average Bonchev–Trinajstić information content (AvgIpc) is 2.26. The molecule has 3 N–H and O–H groups in total. The summed E-state index contributed by atoms with van der Waals surface area (Å²) in [7, 11) is 1.62. The van der Waals surface area contributed by atoms with Gasteiger partial charge in [-0.25, -0.2) is 4.79 Å². The van der Waals surface area contributed by atoms with E-state index in [4.69, 9.17) is 5.11 Å². The minimum absolute atomic E-state index is 0.115. The zero-order valence-corrected chi connectivity index (χ0v) is 8.75. The molecule has 1 fully saturated rings. The maximum absolute atomic E-state index is 10.9. The van der Waals surface area contributed by atoms with Gasteiger partial charge in [0.25, 0.3) is 0 Å². The summed E-state index contributed by atoms with van der Waals surface area (Å²) in [4.78, 5) is 10.9. The van der Waals surface area contributed by atoms with Gasteiger partial charge in [0.2, 0.25) is 0 Å². The van der Waals surface area contributed by atoms with Gasteiger partial charge in [-0.05, 0) is 31.1 Å². The molecule has 0 aromatic carbocycles. The maximum Gasteiger partial charge on any atom is 0.314 e. The SMILES string of the molecule is CNC(=O)NCC1CCCC(CO)C1. The van der Waals surface area contributed by atoms with E-state index in [1.807, 2.05) is 0 Å². The summed E-state index contributed by atoms with van der Waals surface area (Å²) in [6.45, 7) is 1.02. The van der Waals surface area contributed by atoms with E-state index in [0.717, 1.165) is 19.4 Å². The lowest BCUT2D eigenvalue weighted by molar-refractivity contribution is 0.159. The Bertz CT molecular complexity index is 185. The first-order chi connectivity index (χ1) is 6.76. The summed E-state index contributed by atoms with van der Waals surface area (Å²) in [5.74, 6) is 0.985. The minimum atomic E-state index is -0.115. The van der Waals surface area contributed by atoms with Crippen molar-refractivity contribution in [3.8, 4) is 0 Å². The van der Waals surface area contributed by atoms with Gasteiger partial charge in [0.05, 0.1) is 0 Å². The summed E-state index contributed by atoms with van der Waals surface area (Å²) in [5, 5.41) is 14.4. The number of aliphatic hydroxyl groups is 1. The molecule has 0 radical (unpaired) electrons. The van der Waals surface area contributed by atoms with Crippen molar-refractivity contribution < 1.29 is 9.90 Å². The molecule has 1 rings (SSSR count). The second-order valence-corrected chi connectivity index (χ2v) is 4.04. The summed E-state index contributed by atoms with van der Waals surface area (Å²) < 4.78 is 0. The number of carbonyl (C=O) groups is 1. The number of amides is 2. The van der Waals surface area contributed by atoms with E-state index in [1.54, 1.807) is 7.05 Å². The van der Waals surface area contributed by atoms with Crippen LogP contribution < -0.4 is 10.6 Å². The summed E-state index contributed by atoms with van der Waals surface area (Å²) in [5.41, 5.74) is 0. The highest BCUT2D eigenvalue weighted by Gasteiger charge is 2.21.